The Bertz CT molecular complexity index is 341. The Morgan fingerprint density at radius 1 is 1.81 bits per heavy atom. The zero-order valence-corrected chi connectivity index (χ0v) is 8.87. The summed E-state index contributed by atoms with van der Waals surface area (Å²) in [5.74, 6) is 0. The summed E-state index contributed by atoms with van der Waals surface area (Å²) >= 11 is 0. The van der Waals surface area contributed by atoms with Crippen LogP contribution in [0.2, 0.25) is 0 Å². The highest BCUT2D eigenvalue weighted by Gasteiger charge is 2.11. The number of rotatable bonds is 7. The molecule has 90 valence electrons. The molecule has 0 aliphatic heterocycles. The topological polar surface area (TPSA) is 102 Å². The van der Waals surface area contributed by atoms with Gasteiger partial charge in [-0.2, -0.15) is 10.6 Å². The van der Waals surface area contributed by atoms with Crippen molar-refractivity contribution in [3.8, 4) is 0 Å². The van der Waals surface area contributed by atoms with Crippen LogP contribution in [-0.2, 0) is 11.4 Å². The van der Waals surface area contributed by atoms with Crippen LogP contribution in [0.5, 0.6) is 0 Å². The van der Waals surface area contributed by atoms with Gasteiger partial charge in [0.2, 0.25) is 0 Å². The summed E-state index contributed by atoms with van der Waals surface area (Å²) in [5.41, 5.74) is 2.47. The molecule has 0 aliphatic rings. The van der Waals surface area contributed by atoms with Gasteiger partial charge in [-0.1, -0.05) is 0 Å². The zero-order valence-electron chi connectivity index (χ0n) is 8.87. The quantitative estimate of drug-likeness (QED) is 0.378. The summed E-state index contributed by atoms with van der Waals surface area (Å²) in [7, 11) is 0. The van der Waals surface area contributed by atoms with Crippen molar-refractivity contribution < 1.29 is 14.9 Å². The van der Waals surface area contributed by atoms with Crippen LogP contribution < -0.4 is 5.48 Å². The van der Waals surface area contributed by atoms with Gasteiger partial charge in [-0.3, -0.25) is 14.8 Å². The monoisotopic (exact) mass is 230 g/mol. The lowest BCUT2D eigenvalue weighted by molar-refractivity contribution is -0.385. The number of nitro groups is 1. The van der Waals surface area contributed by atoms with Crippen LogP contribution in [0, 0.1) is 10.1 Å². The third kappa shape index (κ3) is 3.93. The van der Waals surface area contributed by atoms with Gasteiger partial charge in [-0.25, -0.2) is 0 Å². The summed E-state index contributed by atoms with van der Waals surface area (Å²) in [4.78, 5) is 14.7. The molecule has 0 saturated heterocycles. The van der Waals surface area contributed by atoms with Crippen molar-refractivity contribution in [3.63, 3.8) is 0 Å². The van der Waals surface area contributed by atoms with Crippen molar-refractivity contribution in [1.29, 1.82) is 0 Å². The van der Waals surface area contributed by atoms with Crippen LogP contribution in [0.15, 0.2) is 12.4 Å². The second-order valence-corrected chi connectivity index (χ2v) is 3.11. The summed E-state index contributed by atoms with van der Waals surface area (Å²) in [6, 6.07) is 0. The molecule has 8 heteroatoms. The molecule has 1 unspecified atom stereocenters. The first-order valence-corrected chi connectivity index (χ1v) is 4.83. The normalized spacial score (nSPS) is 12.6. The minimum Gasteiger partial charge on any atom is -0.390 e. The van der Waals surface area contributed by atoms with Crippen LogP contribution in [-0.4, -0.2) is 39.1 Å². The van der Waals surface area contributed by atoms with E-state index in [4.69, 9.17) is 4.84 Å². The van der Waals surface area contributed by atoms with Gasteiger partial charge in [0.1, 0.15) is 12.4 Å². The van der Waals surface area contributed by atoms with Gasteiger partial charge in [-0.15, -0.1) is 0 Å². The van der Waals surface area contributed by atoms with Crippen LogP contribution in [0.4, 0.5) is 5.69 Å². The van der Waals surface area contributed by atoms with Gasteiger partial charge >= 0.3 is 5.69 Å². The Hall–Kier alpha value is -1.51. The lowest BCUT2D eigenvalue weighted by Crippen LogP contribution is -2.30. The average molecular weight is 230 g/mol. The molecule has 1 aromatic heterocycles. The van der Waals surface area contributed by atoms with Crippen LogP contribution in [0.25, 0.3) is 0 Å². The van der Waals surface area contributed by atoms with E-state index in [1.807, 2.05) is 6.92 Å². The standard InChI is InChI=1S/C8H14N4O4/c1-2-16-10-4-8(13)6-11-5-7(3-9-11)12(14)15/h3,5,8,10,13H,2,4,6H2,1H3. The lowest BCUT2D eigenvalue weighted by Gasteiger charge is -2.10. The first kappa shape index (κ1) is 12.6. The molecule has 2 N–H and O–H groups in total. The van der Waals surface area contributed by atoms with Gasteiger partial charge in [0.05, 0.1) is 24.2 Å². The predicted octanol–water partition coefficient (Wildman–Crippen LogP) is -0.307. The molecule has 1 atom stereocenters. The SMILES string of the molecule is CCONCC(O)Cn1cc([N+](=O)[O-])cn1. The molecule has 0 bridgehead atoms. The van der Waals surface area contributed by atoms with E-state index in [1.165, 1.54) is 10.9 Å². The molecule has 0 aromatic carbocycles. The molecule has 0 radical (unpaired) electrons. The summed E-state index contributed by atoms with van der Waals surface area (Å²) in [6.07, 6.45) is 1.69. The molecule has 1 aromatic rings. The first-order valence-electron chi connectivity index (χ1n) is 4.83. The molecule has 0 amide bonds. The van der Waals surface area contributed by atoms with Crippen molar-refractivity contribution in [3.05, 3.63) is 22.5 Å². The molecule has 8 nitrogen and oxygen atoms in total. The number of nitrogens with one attached hydrogen (secondary N) is 1. The number of aromatic nitrogens is 2. The Kier molecular flexibility index (Phi) is 4.83. The van der Waals surface area contributed by atoms with Crippen molar-refractivity contribution in [2.24, 2.45) is 0 Å². The highest BCUT2D eigenvalue weighted by Crippen LogP contribution is 2.07. The van der Waals surface area contributed by atoms with Crippen molar-refractivity contribution in [2.75, 3.05) is 13.2 Å². The zero-order chi connectivity index (χ0) is 12.0. The van der Waals surface area contributed by atoms with Crippen molar-refractivity contribution in [1.82, 2.24) is 15.3 Å². The smallest absolute Gasteiger partial charge is 0.306 e. The molecule has 0 spiro atoms. The second-order valence-electron chi connectivity index (χ2n) is 3.11. The minimum absolute atomic E-state index is 0.0926. The molecule has 16 heavy (non-hydrogen) atoms. The van der Waals surface area contributed by atoms with Crippen molar-refractivity contribution >= 4 is 5.69 Å². The van der Waals surface area contributed by atoms with Crippen LogP contribution in [0.3, 0.4) is 0 Å². The van der Waals surface area contributed by atoms with Crippen LogP contribution in [0.1, 0.15) is 6.92 Å². The van der Waals surface area contributed by atoms with Gasteiger partial charge < -0.3 is 9.94 Å². The number of hydroxylamine groups is 1. The van der Waals surface area contributed by atoms with E-state index in [-0.39, 0.29) is 18.8 Å². The summed E-state index contributed by atoms with van der Waals surface area (Å²) < 4.78 is 1.32. The van der Waals surface area contributed by atoms with E-state index < -0.39 is 11.0 Å². The predicted molar refractivity (Wildman–Crippen MR) is 54.5 cm³/mol. The maximum absolute atomic E-state index is 10.4. The van der Waals surface area contributed by atoms with E-state index in [9.17, 15) is 15.2 Å². The average Bonchev–Trinajstić information content (AvgIpc) is 2.66. The van der Waals surface area contributed by atoms with E-state index >= 15 is 0 Å². The Morgan fingerprint density at radius 2 is 2.56 bits per heavy atom. The maximum atomic E-state index is 10.4. The van der Waals surface area contributed by atoms with Gasteiger partial charge in [0, 0.05) is 6.54 Å². The fourth-order valence-electron chi connectivity index (χ4n) is 1.08. The third-order valence-corrected chi connectivity index (χ3v) is 1.79. The molecule has 1 rings (SSSR count). The van der Waals surface area contributed by atoms with Gasteiger partial charge in [0.15, 0.2) is 0 Å². The lowest BCUT2D eigenvalue weighted by atomic mass is 10.3. The Balaban J connectivity index is 2.37. The third-order valence-electron chi connectivity index (χ3n) is 1.79. The van der Waals surface area contributed by atoms with Gasteiger partial charge in [0.25, 0.3) is 0 Å². The number of nitrogens with zero attached hydrogens (tertiary/aromatic N) is 3. The second kappa shape index (κ2) is 6.16. The summed E-state index contributed by atoms with van der Waals surface area (Å²) in [5, 5.41) is 23.6. The number of aliphatic hydroxyl groups excluding tert-OH is 1. The fourth-order valence-corrected chi connectivity index (χ4v) is 1.08. The van der Waals surface area contributed by atoms with Crippen LogP contribution >= 0.6 is 0 Å². The largest absolute Gasteiger partial charge is 0.390 e. The highest BCUT2D eigenvalue weighted by atomic mass is 16.6. The molecule has 1 heterocycles. The Morgan fingerprint density at radius 3 is 3.12 bits per heavy atom. The molecule has 0 aliphatic carbocycles. The fraction of sp³-hybridized carbons (Fsp3) is 0.625. The highest BCUT2D eigenvalue weighted by molar-refractivity contribution is 5.20. The number of aliphatic hydroxyl groups is 1. The Labute approximate surface area is 91.9 Å². The molecular formula is C8H14N4O4. The van der Waals surface area contributed by atoms with E-state index in [0.29, 0.717) is 6.61 Å². The van der Waals surface area contributed by atoms with E-state index in [2.05, 4.69) is 10.6 Å². The molecule has 0 fully saturated rings. The van der Waals surface area contributed by atoms with Crippen molar-refractivity contribution in [2.45, 2.75) is 19.6 Å². The minimum atomic E-state index is -0.717. The van der Waals surface area contributed by atoms with E-state index in [0.717, 1.165) is 6.20 Å². The summed E-state index contributed by atoms with van der Waals surface area (Å²) in [6.45, 7) is 2.73. The van der Waals surface area contributed by atoms with Gasteiger partial charge in [-0.05, 0) is 6.92 Å². The molecular weight excluding hydrogens is 216 g/mol. The number of hydrogen-bond acceptors (Lipinski definition) is 6. The maximum Gasteiger partial charge on any atom is 0.306 e. The molecule has 0 saturated carbocycles. The van der Waals surface area contributed by atoms with E-state index in [1.54, 1.807) is 0 Å². The number of hydrogen-bond donors (Lipinski definition) is 2. The first-order chi connectivity index (χ1) is 7.63.